The molecule has 0 aliphatic carbocycles. The first-order chi connectivity index (χ1) is 10.5. The number of nitrogens with one attached hydrogen (secondary N) is 2. The lowest BCUT2D eigenvalue weighted by atomic mass is 9.97. The average molecular weight is 340 g/mol. The fourth-order valence-corrected chi connectivity index (χ4v) is 2.36. The second-order valence-corrected chi connectivity index (χ2v) is 5.74. The molecule has 0 bridgehead atoms. The van der Waals surface area contributed by atoms with E-state index in [1.807, 2.05) is 19.1 Å². The summed E-state index contributed by atoms with van der Waals surface area (Å²) in [6, 6.07) is 7.15. The zero-order valence-corrected chi connectivity index (χ0v) is 13.8. The average Bonchev–Trinajstić information content (AvgIpc) is 2.77. The number of amides is 3. The highest BCUT2D eigenvalue weighted by molar-refractivity contribution is 6.03. The molecule has 3 amide bonds. The van der Waals surface area contributed by atoms with E-state index in [0.29, 0.717) is 18.5 Å². The van der Waals surface area contributed by atoms with E-state index in [-0.39, 0.29) is 48.5 Å². The van der Waals surface area contributed by atoms with Gasteiger partial charge in [0, 0.05) is 24.6 Å². The maximum atomic E-state index is 11.9. The molecule has 0 aromatic heterocycles. The van der Waals surface area contributed by atoms with Crippen LogP contribution in [0.5, 0.6) is 0 Å². The molecule has 2 unspecified atom stereocenters. The summed E-state index contributed by atoms with van der Waals surface area (Å²) in [4.78, 5) is 34.6. The van der Waals surface area contributed by atoms with Gasteiger partial charge >= 0.3 is 0 Å². The maximum Gasteiger partial charge on any atom is 0.251 e. The fourth-order valence-electron chi connectivity index (χ4n) is 2.36. The van der Waals surface area contributed by atoms with Gasteiger partial charge < -0.3 is 11.1 Å². The lowest BCUT2D eigenvalue weighted by Crippen LogP contribution is -2.28. The molecule has 4 N–H and O–H groups in total. The molecule has 0 spiro atoms. The second-order valence-electron chi connectivity index (χ2n) is 5.74. The zero-order valence-electron chi connectivity index (χ0n) is 13.0. The quantitative estimate of drug-likeness (QED) is 0.666. The van der Waals surface area contributed by atoms with Crippen LogP contribution in [0.15, 0.2) is 24.3 Å². The van der Waals surface area contributed by atoms with Gasteiger partial charge in [0.05, 0.1) is 5.92 Å². The Balaban J connectivity index is 0.00000264. The number of imide groups is 1. The van der Waals surface area contributed by atoms with E-state index in [9.17, 15) is 14.4 Å². The number of rotatable bonds is 6. The van der Waals surface area contributed by atoms with Crippen molar-refractivity contribution in [3.63, 3.8) is 0 Å². The molecule has 2 rings (SSSR count). The lowest BCUT2D eigenvalue weighted by molar-refractivity contribution is -0.125. The molecule has 23 heavy (non-hydrogen) atoms. The van der Waals surface area contributed by atoms with E-state index in [4.69, 9.17) is 5.73 Å². The van der Waals surface area contributed by atoms with Gasteiger partial charge in [0.2, 0.25) is 11.8 Å². The minimum absolute atomic E-state index is 0. The van der Waals surface area contributed by atoms with Crippen molar-refractivity contribution in [1.29, 1.82) is 0 Å². The highest BCUT2D eigenvalue weighted by Gasteiger charge is 2.30. The predicted molar refractivity (Wildman–Crippen MR) is 89.3 cm³/mol. The second kappa shape index (κ2) is 8.64. The monoisotopic (exact) mass is 339 g/mol. The molecule has 0 radical (unpaired) electrons. The number of carbonyl (C=O) groups is 3. The summed E-state index contributed by atoms with van der Waals surface area (Å²) >= 11 is 0. The van der Waals surface area contributed by atoms with Crippen molar-refractivity contribution in [3.05, 3.63) is 35.4 Å². The first-order valence-electron chi connectivity index (χ1n) is 7.42. The van der Waals surface area contributed by atoms with Crippen LogP contribution in [0, 0.1) is 5.92 Å². The Kier molecular flexibility index (Phi) is 7.19. The van der Waals surface area contributed by atoms with Crippen LogP contribution in [0.3, 0.4) is 0 Å². The number of benzene rings is 1. The molecule has 1 aliphatic rings. The SMILES string of the molecule is CC(N)CCNC(=O)c1ccc(CC2CC(=O)NC2=O)cc1.Cl. The van der Waals surface area contributed by atoms with Crippen LogP contribution in [0.4, 0.5) is 0 Å². The number of hydrogen-bond acceptors (Lipinski definition) is 4. The largest absolute Gasteiger partial charge is 0.352 e. The van der Waals surface area contributed by atoms with Crippen LogP contribution in [0.1, 0.15) is 35.7 Å². The van der Waals surface area contributed by atoms with Crippen LogP contribution in [0.2, 0.25) is 0 Å². The minimum atomic E-state index is -0.307. The van der Waals surface area contributed by atoms with E-state index in [1.54, 1.807) is 12.1 Å². The summed E-state index contributed by atoms with van der Waals surface area (Å²) in [5.41, 5.74) is 7.13. The molecule has 1 aliphatic heterocycles. The van der Waals surface area contributed by atoms with Crippen molar-refractivity contribution in [2.24, 2.45) is 11.7 Å². The molecule has 1 saturated heterocycles. The molecule has 1 heterocycles. The Morgan fingerprint density at radius 3 is 2.52 bits per heavy atom. The van der Waals surface area contributed by atoms with Crippen LogP contribution in [0.25, 0.3) is 0 Å². The summed E-state index contributed by atoms with van der Waals surface area (Å²) in [5.74, 6) is -0.887. The number of carbonyl (C=O) groups excluding carboxylic acids is 3. The molecular weight excluding hydrogens is 318 g/mol. The molecule has 7 heteroatoms. The Hall–Kier alpha value is -1.92. The van der Waals surface area contributed by atoms with E-state index in [2.05, 4.69) is 10.6 Å². The Labute approximate surface area is 141 Å². The highest BCUT2D eigenvalue weighted by Crippen LogP contribution is 2.17. The predicted octanol–water partition coefficient (Wildman–Crippen LogP) is 0.781. The van der Waals surface area contributed by atoms with Gasteiger partial charge in [-0.1, -0.05) is 12.1 Å². The summed E-state index contributed by atoms with van der Waals surface area (Å²) in [5, 5.41) is 5.10. The van der Waals surface area contributed by atoms with E-state index < -0.39 is 0 Å². The standard InChI is InChI=1S/C16H21N3O3.ClH/c1-10(17)6-7-18-15(21)12-4-2-11(3-5-12)8-13-9-14(20)19-16(13)22;/h2-5,10,13H,6-9,17H2,1H3,(H,18,21)(H,19,20,22);1H. The molecule has 1 aromatic rings. The molecule has 2 atom stereocenters. The van der Waals surface area contributed by atoms with Crippen LogP contribution >= 0.6 is 12.4 Å². The third kappa shape index (κ3) is 5.65. The molecular formula is C16H22ClN3O3. The third-order valence-corrected chi connectivity index (χ3v) is 3.65. The lowest BCUT2D eigenvalue weighted by Gasteiger charge is -2.09. The topological polar surface area (TPSA) is 101 Å². The smallest absolute Gasteiger partial charge is 0.251 e. The van der Waals surface area contributed by atoms with Gasteiger partial charge in [-0.25, -0.2) is 0 Å². The van der Waals surface area contributed by atoms with Crippen molar-refractivity contribution in [1.82, 2.24) is 10.6 Å². The Morgan fingerprint density at radius 1 is 1.35 bits per heavy atom. The fraction of sp³-hybridized carbons (Fsp3) is 0.438. The first kappa shape index (κ1) is 19.1. The van der Waals surface area contributed by atoms with Gasteiger partial charge in [-0.3, -0.25) is 19.7 Å². The normalized spacial score (nSPS) is 18.1. The molecule has 6 nitrogen and oxygen atoms in total. The van der Waals surface area contributed by atoms with Gasteiger partial charge in [-0.05, 0) is 37.5 Å². The molecule has 1 fully saturated rings. The number of halogens is 1. The molecule has 1 aromatic carbocycles. The maximum absolute atomic E-state index is 11.9. The van der Waals surface area contributed by atoms with Gasteiger partial charge in [0.15, 0.2) is 0 Å². The van der Waals surface area contributed by atoms with Crippen molar-refractivity contribution in [3.8, 4) is 0 Å². The summed E-state index contributed by atoms with van der Waals surface area (Å²) in [6.45, 7) is 2.44. The van der Waals surface area contributed by atoms with Gasteiger partial charge in [-0.15, -0.1) is 12.4 Å². The highest BCUT2D eigenvalue weighted by atomic mass is 35.5. The van der Waals surface area contributed by atoms with Gasteiger partial charge in [0.25, 0.3) is 5.91 Å². The van der Waals surface area contributed by atoms with Crippen LogP contribution < -0.4 is 16.4 Å². The minimum Gasteiger partial charge on any atom is -0.352 e. The Morgan fingerprint density at radius 2 is 2.00 bits per heavy atom. The van der Waals surface area contributed by atoms with Gasteiger partial charge in [-0.2, -0.15) is 0 Å². The van der Waals surface area contributed by atoms with Crippen molar-refractivity contribution in [2.75, 3.05) is 6.54 Å². The van der Waals surface area contributed by atoms with E-state index >= 15 is 0 Å². The first-order valence-corrected chi connectivity index (χ1v) is 7.42. The molecule has 126 valence electrons. The summed E-state index contributed by atoms with van der Waals surface area (Å²) < 4.78 is 0. The zero-order chi connectivity index (χ0) is 16.1. The summed E-state index contributed by atoms with van der Waals surface area (Å²) in [7, 11) is 0. The van der Waals surface area contributed by atoms with Crippen molar-refractivity contribution in [2.45, 2.75) is 32.2 Å². The van der Waals surface area contributed by atoms with E-state index in [0.717, 1.165) is 12.0 Å². The van der Waals surface area contributed by atoms with Crippen molar-refractivity contribution < 1.29 is 14.4 Å². The number of hydrogen-bond donors (Lipinski definition) is 3. The van der Waals surface area contributed by atoms with Gasteiger partial charge in [0.1, 0.15) is 0 Å². The van der Waals surface area contributed by atoms with Crippen LogP contribution in [-0.2, 0) is 16.0 Å². The van der Waals surface area contributed by atoms with Crippen molar-refractivity contribution >= 4 is 30.1 Å². The third-order valence-electron chi connectivity index (χ3n) is 3.65. The molecule has 0 saturated carbocycles. The number of nitrogens with two attached hydrogens (primary N) is 1. The summed E-state index contributed by atoms with van der Waals surface area (Å²) in [6.07, 6.45) is 1.47. The van der Waals surface area contributed by atoms with E-state index in [1.165, 1.54) is 0 Å². The van der Waals surface area contributed by atoms with Crippen LogP contribution in [-0.4, -0.2) is 30.3 Å². The Bertz CT molecular complexity index is 572.